The number of benzene rings is 1. The number of aliphatic hydroxyl groups excluding tert-OH is 1. The van der Waals surface area contributed by atoms with Crippen molar-refractivity contribution in [2.75, 3.05) is 18.5 Å². The monoisotopic (exact) mass is 232 g/mol. The fraction of sp³-hybridized carbons (Fsp3) is 0.500. The first-order valence-electron chi connectivity index (χ1n) is 6.03. The molecule has 1 unspecified atom stereocenters. The minimum Gasteiger partial charge on any atom is -0.396 e. The van der Waals surface area contributed by atoms with Crippen LogP contribution in [0.3, 0.4) is 0 Å². The number of nitrogens with zero attached hydrogens (tertiary/aromatic N) is 1. The molecule has 1 atom stereocenters. The lowest BCUT2D eigenvalue weighted by atomic mass is 10.1. The van der Waals surface area contributed by atoms with Crippen molar-refractivity contribution >= 4 is 5.69 Å². The highest BCUT2D eigenvalue weighted by atomic mass is 16.3. The van der Waals surface area contributed by atoms with Crippen LogP contribution < -0.4 is 5.32 Å². The van der Waals surface area contributed by atoms with Gasteiger partial charge in [0, 0.05) is 18.8 Å². The second kappa shape index (κ2) is 6.93. The second-order valence-electron chi connectivity index (χ2n) is 4.50. The average Bonchev–Trinajstić information content (AvgIpc) is 2.34. The topological polar surface area (TPSA) is 56.0 Å². The van der Waals surface area contributed by atoms with Crippen LogP contribution in [0.2, 0.25) is 0 Å². The summed E-state index contributed by atoms with van der Waals surface area (Å²) in [6.45, 7) is 5.15. The molecule has 0 bridgehead atoms. The smallest absolute Gasteiger partial charge is 0.0994 e. The Morgan fingerprint density at radius 2 is 2.24 bits per heavy atom. The van der Waals surface area contributed by atoms with Gasteiger partial charge in [-0.1, -0.05) is 6.92 Å². The Labute approximate surface area is 103 Å². The minimum atomic E-state index is 0.260. The maximum Gasteiger partial charge on any atom is 0.0994 e. The molecule has 3 nitrogen and oxygen atoms in total. The average molecular weight is 232 g/mol. The highest BCUT2D eigenvalue weighted by Crippen LogP contribution is 2.14. The number of aliphatic hydroxyl groups is 1. The van der Waals surface area contributed by atoms with Crippen molar-refractivity contribution in [2.24, 2.45) is 5.92 Å². The van der Waals surface area contributed by atoms with E-state index in [0.29, 0.717) is 5.92 Å². The normalized spacial score (nSPS) is 11.9. The highest BCUT2D eigenvalue weighted by Gasteiger charge is 2.01. The van der Waals surface area contributed by atoms with E-state index in [1.165, 1.54) is 0 Å². The van der Waals surface area contributed by atoms with Crippen molar-refractivity contribution < 1.29 is 5.11 Å². The molecule has 17 heavy (non-hydrogen) atoms. The quantitative estimate of drug-likeness (QED) is 0.741. The molecule has 92 valence electrons. The molecule has 0 fully saturated rings. The van der Waals surface area contributed by atoms with E-state index >= 15 is 0 Å². The van der Waals surface area contributed by atoms with Gasteiger partial charge in [0.2, 0.25) is 0 Å². The Kier molecular flexibility index (Phi) is 5.51. The standard InChI is InChI=1S/C14H20N2O/c1-11(10-17)4-3-7-16-14-6-5-13(9-15)12(2)8-14/h5-6,8,11,16-17H,3-4,7,10H2,1-2H3. The van der Waals surface area contributed by atoms with Crippen molar-refractivity contribution in [3.05, 3.63) is 29.3 Å². The molecule has 0 saturated heterocycles. The van der Waals surface area contributed by atoms with Gasteiger partial charge in [0.1, 0.15) is 0 Å². The fourth-order valence-corrected chi connectivity index (χ4v) is 1.67. The summed E-state index contributed by atoms with van der Waals surface area (Å²) in [4.78, 5) is 0. The summed E-state index contributed by atoms with van der Waals surface area (Å²) in [5, 5.41) is 21.0. The van der Waals surface area contributed by atoms with Crippen molar-refractivity contribution in [2.45, 2.75) is 26.7 Å². The van der Waals surface area contributed by atoms with E-state index in [9.17, 15) is 0 Å². The molecule has 1 rings (SSSR count). The Bertz CT molecular complexity index is 396. The molecule has 3 heteroatoms. The first-order valence-corrected chi connectivity index (χ1v) is 6.03. The molecule has 0 aliphatic rings. The maximum absolute atomic E-state index is 8.89. The Hall–Kier alpha value is -1.53. The van der Waals surface area contributed by atoms with Crippen molar-refractivity contribution in [3.63, 3.8) is 0 Å². The lowest BCUT2D eigenvalue weighted by Crippen LogP contribution is -2.06. The summed E-state index contributed by atoms with van der Waals surface area (Å²) >= 11 is 0. The fourth-order valence-electron chi connectivity index (χ4n) is 1.67. The van der Waals surface area contributed by atoms with Gasteiger partial charge in [-0.25, -0.2) is 0 Å². The summed E-state index contributed by atoms with van der Waals surface area (Å²) in [7, 11) is 0. The van der Waals surface area contributed by atoms with Gasteiger partial charge in [0.05, 0.1) is 11.6 Å². The third-order valence-electron chi connectivity index (χ3n) is 2.86. The van der Waals surface area contributed by atoms with Crippen LogP contribution in [0.4, 0.5) is 5.69 Å². The van der Waals surface area contributed by atoms with E-state index in [1.807, 2.05) is 32.0 Å². The van der Waals surface area contributed by atoms with Crippen LogP contribution in [0, 0.1) is 24.2 Å². The number of hydrogen-bond donors (Lipinski definition) is 2. The van der Waals surface area contributed by atoms with E-state index in [1.54, 1.807) is 0 Å². The summed E-state index contributed by atoms with van der Waals surface area (Å²) in [5.74, 6) is 0.375. The number of rotatable bonds is 6. The maximum atomic E-state index is 8.89. The Morgan fingerprint density at radius 1 is 1.47 bits per heavy atom. The minimum absolute atomic E-state index is 0.260. The van der Waals surface area contributed by atoms with E-state index in [2.05, 4.69) is 11.4 Å². The molecule has 0 spiro atoms. The van der Waals surface area contributed by atoms with Crippen LogP contribution in [0.1, 0.15) is 30.9 Å². The van der Waals surface area contributed by atoms with Gasteiger partial charge in [-0.2, -0.15) is 5.26 Å². The van der Waals surface area contributed by atoms with Gasteiger partial charge in [-0.15, -0.1) is 0 Å². The lowest BCUT2D eigenvalue weighted by molar-refractivity contribution is 0.229. The van der Waals surface area contributed by atoms with Crippen LogP contribution in [-0.4, -0.2) is 18.3 Å². The van der Waals surface area contributed by atoms with Crippen molar-refractivity contribution in [1.82, 2.24) is 0 Å². The highest BCUT2D eigenvalue weighted by molar-refractivity contribution is 5.51. The molecule has 0 heterocycles. The van der Waals surface area contributed by atoms with Gasteiger partial charge in [-0.3, -0.25) is 0 Å². The number of aryl methyl sites for hydroxylation is 1. The molecule has 0 saturated carbocycles. The number of nitrogens with one attached hydrogen (secondary N) is 1. The van der Waals surface area contributed by atoms with Crippen molar-refractivity contribution in [1.29, 1.82) is 5.26 Å². The van der Waals surface area contributed by atoms with E-state index in [0.717, 1.165) is 36.2 Å². The molecule has 0 amide bonds. The number of anilines is 1. The second-order valence-corrected chi connectivity index (χ2v) is 4.50. The zero-order valence-electron chi connectivity index (χ0n) is 10.5. The van der Waals surface area contributed by atoms with Gasteiger partial charge >= 0.3 is 0 Å². The first-order chi connectivity index (χ1) is 8.17. The van der Waals surface area contributed by atoms with Crippen LogP contribution in [0.25, 0.3) is 0 Å². The molecular formula is C14H20N2O. The Balaban J connectivity index is 2.38. The van der Waals surface area contributed by atoms with Gasteiger partial charge in [0.15, 0.2) is 0 Å². The SMILES string of the molecule is Cc1cc(NCCCC(C)CO)ccc1C#N. The van der Waals surface area contributed by atoms with Crippen molar-refractivity contribution in [3.8, 4) is 6.07 Å². The molecule has 0 aromatic heterocycles. The summed E-state index contributed by atoms with van der Waals surface area (Å²) < 4.78 is 0. The molecule has 1 aromatic rings. The van der Waals surface area contributed by atoms with E-state index in [4.69, 9.17) is 10.4 Å². The van der Waals surface area contributed by atoms with Crippen LogP contribution in [-0.2, 0) is 0 Å². The lowest BCUT2D eigenvalue weighted by Gasteiger charge is -2.10. The summed E-state index contributed by atoms with van der Waals surface area (Å²) in [5.41, 5.74) is 2.78. The largest absolute Gasteiger partial charge is 0.396 e. The van der Waals surface area contributed by atoms with Crippen LogP contribution in [0.5, 0.6) is 0 Å². The Morgan fingerprint density at radius 3 is 2.82 bits per heavy atom. The van der Waals surface area contributed by atoms with E-state index in [-0.39, 0.29) is 6.61 Å². The van der Waals surface area contributed by atoms with Crippen LogP contribution in [0.15, 0.2) is 18.2 Å². The molecule has 2 N–H and O–H groups in total. The number of nitriles is 1. The van der Waals surface area contributed by atoms with Gasteiger partial charge < -0.3 is 10.4 Å². The third kappa shape index (κ3) is 4.46. The molecule has 0 aliphatic heterocycles. The summed E-state index contributed by atoms with van der Waals surface area (Å²) in [6.07, 6.45) is 2.07. The molecule has 0 radical (unpaired) electrons. The van der Waals surface area contributed by atoms with Crippen LogP contribution >= 0.6 is 0 Å². The van der Waals surface area contributed by atoms with Gasteiger partial charge in [0.25, 0.3) is 0 Å². The predicted octanol–water partition coefficient (Wildman–Crippen LogP) is 2.69. The number of hydrogen-bond acceptors (Lipinski definition) is 3. The zero-order chi connectivity index (χ0) is 12.7. The third-order valence-corrected chi connectivity index (χ3v) is 2.86. The van der Waals surface area contributed by atoms with E-state index < -0.39 is 0 Å². The zero-order valence-corrected chi connectivity index (χ0v) is 10.5. The molecular weight excluding hydrogens is 212 g/mol. The van der Waals surface area contributed by atoms with Gasteiger partial charge in [-0.05, 0) is 49.4 Å². The molecule has 1 aromatic carbocycles. The predicted molar refractivity (Wildman–Crippen MR) is 69.9 cm³/mol. The molecule has 0 aliphatic carbocycles. The summed E-state index contributed by atoms with van der Waals surface area (Å²) in [6, 6.07) is 7.92. The first kappa shape index (κ1) is 13.5.